The van der Waals surface area contributed by atoms with E-state index in [1.807, 2.05) is 0 Å². The smallest absolute Gasteiger partial charge is 0.340 e. The van der Waals surface area contributed by atoms with Crippen molar-refractivity contribution in [2.24, 2.45) is 5.92 Å². The molecule has 0 aromatic rings. The van der Waals surface area contributed by atoms with E-state index in [0.29, 0.717) is 0 Å². The summed E-state index contributed by atoms with van der Waals surface area (Å²) >= 11 is 0. The largest absolute Gasteiger partial charge is 0.347 e. The normalized spacial score (nSPS) is 23.4. The van der Waals surface area contributed by atoms with Crippen molar-refractivity contribution in [3.05, 3.63) is 0 Å². The predicted molar refractivity (Wildman–Crippen MR) is 59.8 cm³/mol. The second-order valence-corrected chi connectivity index (χ2v) is 6.17. The molecule has 4 N–H and O–H groups in total. The van der Waals surface area contributed by atoms with Crippen LogP contribution in [0.3, 0.4) is 0 Å². The third kappa shape index (κ3) is 3.56. The average molecular weight is 250 g/mol. The van der Waals surface area contributed by atoms with Gasteiger partial charge in [0.1, 0.15) is 5.78 Å². The van der Waals surface area contributed by atoms with Crippen molar-refractivity contribution in [1.82, 2.24) is 10.6 Å². The molecule has 1 aliphatic rings. The lowest BCUT2D eigenvalue weighted by molar-refractivity contribution is -0.123. The highest BCUT2D eigenvalue weighted by atomic mass is 31.2. The molecule has 1 amide bonds. The van der Waals surface area contributed by atoms with E-state index in [2.05, 4.69) is 10.6 Å². The molecule has 7 heteroatoms. The maximum absolute atomic E-state index is 11.7. The van der Waals surface area contributed by atoms with Crippen LogP contribution in [0.15, 0.2) is 0 Å². The first-order chi connectivity index (χ1) is 7.32. The van der Waals surface area contributed by atoms with Crippen molar-refractivity contribution >= 4 is 13.5 Å². The number of rotatable bonds is 4. The highest BCUT2D eigenvalue weighted by Crippen LogP contribution is 2.43. The molecular weight excluding hydrogens is 231 g/mol. The van der Waals surface area contributed by atoms with Gasteiger partial charge >= 0.3 is 7.60 Å². The van der Waals surface area contributed by atoms with E-state index in [0.717, 1.165) is 19.4 Å². The van der Waals surface area contributed by atoms with Gasteiger partial charge in [-0.15, -0.1) is 0 Å². The molecule has 0 radical (unpaired) electrons. The van der Waals surface area contributed by atoms with Crippen LogP contribution in [0, 0.1) is 5.92 Å². The first kappa shape index (κ1) is 13.6. The van der Waals surface area contributed by atoms with Crippen LogP contribution in [-0.2, 0) is 9.36 Å². The van der Waals surface area contributed by atoms with E-state index >= 15 is 0 Å². The van der Waals surface area contributed by atoms with E-state index in [1.54, 1.807) is 13.8 Å². The lowest BCUT2D eigenvalue weighted by Gasteiger charge is -2.24. The first-order valence-corrected chi connectivity index (χ1v) is 7.09. The second kappa shape index (κ2) is 5.27. The predicted octanol–water partition coefficient (Wildman–Crippen LogP) is 0.0144. The highest BCUT2D eigenvalue weighted by molar-refractivity contribution is 7.52. The third-order valence-corrected chi connectivity index (χ3v) is 4.11. The van der Waals surface area contributed by atoms with E-state index in [1.165, 1.54) is 0 Å². The van der Waals surface area contributed by atoms with Crippen molar-refractivity contribution in [1.29, 1.82) is 0 Å². The molecule has 0 bridgehead atoms. The Labute approximate surface area is 95.0 Å². The summed E-state index contributed by atoms with van der Waals surface area (Å²) in [6, 6.07) is -0.312. The summed E-state index contributed by atoms with van der Waals surface area (Å²) < 4.78 is 11.2. The molecule has 16 heavy (non-hydrogen) atoms. The fraction of sp³-hybridized carbons (Fsp3) is 0.889. The van der Waals surface area contributed by atoms with Gasteiger partial charge in [-0.3, -0.25) is 9.36 Å². The number of carbonyl (C=O) groups is 1. The lowest BCUT2D eigenvalue weighted by atomic mass is 10.2. The van der Waals surface area contributed by atoms with Crippen LogP contribution in [0.25, 0.3) is 0 Å². The first-order valence-electron chi connectivity index (χ1n) is 5.41. The number of carbonyl (C=O) groups excluding carboxylic acids is 1. The van der Waals surface area contributed by atoms with Gasteiger partial charge in [0.25, 0.3) is 0 Å². The van der Waals surface area contributed by atoms with Gasteiger partial charge in [-0.05, 0) is 25.3 Å². The minimum absolute atomic E-state index is 0.300. The fourth-order valence-electron chi connectivity index (χ4n) is 1.79. The van der Waals surface area contributed by atoms with Crippen molar-refractivity contribution in [3.63, 3.8) is 0 Å². The van der Waals surface area contributed by atoms with Crippen molar-refractivity contribution in [2.75, 3.05) is 6.54 Å². The van der Waals surface area contributed by atoms with Crippen molar-refractivity contribution in [2.45, 2.75) is 38.5 Å². The Kier molecular flexibility index (Phi) is 4.50. The Hall–Kier alpha value is -0.420. The molecule has 0 saturated carbocycles. The van der Waals surface area contributed by atoms with E-state index in [-0.39, 0.29) is 17.9 Å². The molecule has 0 aromatic carbocycles. The zero-order chi connectivity index (χ0) is 12.3. The maximum atomic E-state index is 11.7. The molecule has 1 saturated heterocycles. The topological polar surface area (TPSA) is 98.7 Å². The van der Waals surface area contributed by atoms with Gasteiger partial charge in [0, 0.05) is 0 Å². The van der Waals surface area contributed by atoms with E-state index in [9.17, 15) is 9.36 Å². The minimum Gasteiger partial charge on any atom is -0.340 e. The van der Waals surface area contributed by atoms with Gasteiger partial charge in [-0.2, -0.15) is 0 Å². The molecule has 0 aromatic heterocycles. The Morgan fingerprint density at radius 1 is 1.50 bits per heavy atom. The maximum Gasteiger partial charge on any atom is 0.347 e. The van der Waals surface area contributed by atoms with E-state index in [4.69, 9.17) is 9.79 Å². The Bertz CT molecular complexity index is 296. The second-order valence-electron chi connectivity index (χ2n) is 4.44. The summed E-state index contributed by atoms with van der Waals surface area (Å²) in [5.41, 5.74) is 0. The van der Waals surface area contributed by atoms with Crippen molar-refractivity contribution < 1.29 is 19.1 Å². The van der Waals surface area contributed by atoms with Crippen LogP contribution in [0.2, 0.25) is 0 Å². The standard InChI is InChI=1S/C9H19N2O4P/c1-6(2)9(16(13,14)15)11-8(12)7-4-3-5-10-7/h6-7,9-10H,3-5H2,1-2H3,(H,11,12)(H2,13,14,15)/t7-,9-/m0/s1. The van der Waals surface area contributed by atoms with Gasteiger partial charge in [0.15, 0.2) is 0 Å². The van der Waals surface area contributed by atoms with Gasteiger partial charge < -0.3 is 20.4 Å². The molecule has 2 atom stereocenters. The molecule has 0 unspecified atom stereocenters. The molecule has 1 fully saturated rings. The summed E-state index contributed by atoms with van der Waals surface area (Å²) in [5.74, 6) is -1.71. The van der Waals surface area contributed by atoms with Crippen molar-refractivity contribution in [3.8, 4) is 0 Å². The molecule has 1 heterocycles. The van der Waals surface area contributed by atoms with Gasteiger partial charge in [-0.1, -0.05) is 13.8 Å². The van der Waals surface area contributed by atoms with Crippen LogP contribution in [0.4, 0.5) is 0 Å². The fourth-order valence-corrected chi connectivity index (χ4v) is 2.87. The van der Waals surface area contributed by atoms with Crippen LogP contribution < -0.4 is 10.6 Å². The average Bonchev–Trinajstić information content (AvgIpc) is 2.63. The Morgan fingerprint density at radius 3 is 2.50 bits per heavy atom. The summed E-state index contributed by atoms with van der Waals surface area (Å²) in [6.07, 6.45) is 1.64. The molecular formula is C9H19N2O4P. The Balaban J connectivity index is 2.61. The highest BCUT2D eigenvalue weighted by Gasteiger charge is 2.35. The molecule has 94 valence electrons. The summed E-state index contributed by atoms with van der Waals surface area (Å²) in [7, 11) is -4.29. The summed E-state index contributed by atoms with van der Waals surface area (Å²) in [6.45, 7) is 4.12. The van der Waals surface area contributed by atoms with Crippen LogP contribution in [-0.4, -0.2) is 34.1 Å². The van der Waals surface area contributed by atoms with Crippen LogP contribution in [0.1, 0.15) is 26.7 Å². The molecule has 0 spiro atoms. The monoisotopic (exact) mass is 250 g/mol. The SMILES string of the molecule is CC(C)[C@@H](NC(=O)[C@@H]1CCCN1)P(=O)(O)O. The minimum atomic E-state index is -4.29. The number of hydrogen-bond acceptors (Lipinski definition) is 3. The van der Waals surface area contributed by atoms with Gasteiger partial charge in [-0.25, -0.2) is 0 Å². The van der Waals surface area contributed by atoms with Crippen LogP contribution >= 0.6 is 7.60 Å². The molecule has 0 aliphatic carbocycles. The molecule has 1 aliphatic heterocycles. The van der Waals surface area contributed by atoms with E-state index < -0.39 is 13.4 Å². The molecule has 1 rings (SSSR count). The zero-order valence-electron chi connectivity index (χ0n) is 9.51. The Morgan fingerprint density at radius 2 is 2.12 bits per heavy atom. The summed E-state index contributed by atoms with van der Waals surface area (Å²) in [4.78, 5) is 29.9. The number of hydrogen-bond donors (Lipinski definition) is 4. The lowest BCUT2D eigenvalue weighted by Crippen LogP contribution is -2.46. The summed E-state index contributed by atoms with van der Waals surface area (Å²) in [5, 5.41) is 5.42. The number of nitrogens with one attached hydrogen (secondary N) is 2. The zero-order valence-corrected chi connectivity index (χ0v) is 10.4. The van der Waals surface area contributed by atoms with Gasteiger partial charge in [0.05, 0.1) is 6.04 Å². The quantitative estimate of drug-likeness (QED) is 0.527. The van der Waals surface area contributed by atoms with Crippen LogP contribution in [0.5, 0.6) is 0 Å². The van der Waals surface area contributed by atoms with Gasteiger partial charge in [0.2, 0.25) is 5.91 Å². The molecule has 6 nitrogen and oxygen atoms in total. The third-order valence-electron chi connectivity index (χ3n) is 2.66. The number of amides is 1.